The zero-order valence-corrected chi connectivity index (χ0v) is 14.2. The van der Waals surface area contributed by atoms with Gasteiger partial charge in [0.15, 0.2) is 0 Å². The van der Waals surface area contributed by atoms with E-state index in [2.05, 4.69) is 41.5 Å². The monoisotopic (exact) mass is 345 g/mol. The molecule has 118 valence electrons. The maximum absolute atomic E-state index is 6.07. The van der Waals surface area contributed by atoms with Crippen LogP contribution < -0.4 is 5.32 Å². The van der Waals surface area contributed by atoms with Gasteiger partial charge in [-0.25, -0.2) is 4.98 Å². The third kappa shape index (κ3) is 3.94. The van der Waals surface area contributed by atoms with E-state index in [0.29, 0.717) is 10.0 Å². The third-order valence-corrected chi connectivity index (χ3v) is 4.53. The van der Waals surface area contributed by atoms with Crippen molar-refractivity contribution < 1.29 is 0 Å². The van der Waals surface area contributed by atoms with E-state index in [0.717, 1.165) is 17.8 Å². The van der Waals surface area contributed by atoms with Gasteiger partial charge in [-0.1, -0.05) is 41.4 Å². The molecule has 0 saturated heterocycles. The summed E-state index contributed by atoms with van der Waals surface area (Å²) in [7, 11) is 0. The van der Waals surface area contributed by atoms with Crippen molar-refractivity contribution in [1.29, 1.82) is 0 Å². The second-order valence-electron chi connectivity index (χ2n) is 5.41. The van der Waals surface area contributed by atoms with Gasteiger partial charge in [-0.3, -0.25) is 0 Å². The Balaban J connectivity index is 1.62. The highest BCUT2D eigenvalue weighted by Gasteiger charge is 2.07. The Morgan fingerprint density at radius 3 is 2.52 bits per heavy atom. The molecule has 0 aliphatic carbocycles. The molecule has 3 nitrogen and oxygen atoms in total. The standard InChI is InChI=1S/C18H17Cl2N3/c1-13(15-4-7-17(19)18(20)10-15)22-11-14-2-5-16(6-3-14)23-9-8-21-12-23/h2-10,12-13,22H,11H2,1H3. The lowest BCUT2D eigenvalue weighted by atomic mass is 10.1. The molecule has 0 spiro atoms. The predicted molar refractivity (Wildman–Crippen MR) is 95.3 cm³/mol. The maximum Gasteiger partial charge on any atom is 0.0991 e. The summed E-state index contributed by atoms with van der Waals surface area (Å²) in [6.45, 7) is 2.89. The molecule has 0 aliphatic heterocycles. The zero-order chi connectivity index (χ0) is 16.2. The summed E-state index contributed by atoms with van der Waals surface area (Å²) in [6.07, 6.45) is 5.49. The van der Waals surface area contributed by atoms with Crippen molar-refractivity contribution in [3.05, 3.63) is 82.4 Å². The number of hydrogen-bond acceptors (Lipinski definition) is 2. The van der Waals surface area contributed by atoms with Gasteiger partial charge in [0.25, 0.3) is 0 Å². The summed E-state index contributed by atoms with van der Waals surface area (Å²) < 4.78 is 1.98. The van der Waals surface area contributed by atoms with E-state index < -0.39 is 0 Å². The van der Waals surface area contributed by atoms with Crippen LogP contribution in [0.5, 0.6) is 0 Å². The number of benzene rings is 2. The Hall–Kier alpha value is -1.81. The minimum Gasteiger partial charge on any atom is -0.306 e. The number of halogens is 2. The highest BCUT2D eigenvalue weighted by molar-refractivity contribution is 6.42. The van der Waals surface area contributed by atoms with E-state index in [1.807, 2.05) is 29.0 Å². The van der Waals surface area contributed by atoms with E-state index in [1.165, 1.54) is 5.56 Å². The summed E-state index contributed by atoms with van der Waals surface area (Å²) in [6, 6.07) is 14.3. The number of nitrogens with one attached hydrogen (secondary N) is 1. The minimum absolute atomic E-state index is 0.193. The maximum atomic E-state index is 6.07. The Kier molecular flexibility index (Phi) is 5.01. The number of hydrogen-bond donors (Lipinski definition) is 1. The lowest BCUT2D eigenvalue weighted by Gasteiger charge is -2.15. The predicted octanol–water partition coefficient (Wildman–Crippen LogP) is 5.03. The summed E-state index contributed by atoms with van der Waals surface area (Å²) in [4.78, 5) is 4.06. The van der Waals surface area contributed by atoms with Gasteiger partial charge >= 0.3 is 0 Å². The van der Waals surface area contributed by atoms with Gasteiger partial charge in [-0.15, -0.1) is 0 Å². The molecule has 3 rings (SSSR count). The first-order valence-electron chi connectivity index (χ1n) is 7.39. The normalized spacial score (nSPS) is 12.3. The summed E-state index contributed by atoms with van der Waals surface area (Å²) >= 11 is 12.0. The van der Waals surface area contributed by atoms with Crippen LogP contribution in [0.25, 0.3) is 5.69 Å². The van der Waals surface area contributed by atoms with E-state index >= 15 is 0 Å². The molecule has 1 atom stereocenters. The van der Waals surface area contributed by atoms with Crippen LogP contribution in [-0.2, 0) is 6.54 Å². The topological polar surface area (TPSA) is 29.9 Å². The van der Waals surface area contributed by atoms with Crippen LogP contribution in [0.1, 0.15) is 24.1 Å². The first kappa shape index (κ1) is 16.1. The van der Waals surface area contributed by atoms with Crippen LogP contribution in [0, 0.1) is 0 Å². The Bertz CT molecular complexity index is 767. The van der Waals surface area contributed by atoms with Crippen LogP contribution in [0.2, 0.25) is 10.0 Å². The van der Waals surface area contributed by atoms with Crippen molar-refractivity contribution in [3.8, 4) is 5.69 Å². The largest absolute Gasteiger partial charge is 0.306 e. The van der Waals surface area contributed by atoms with Gasteiger partial charge in [0.1, 0.15) is 0 Å². The van der Waals surface area contributed by atoms with Gasteiger partial charge in [-0.05, 0) is 42.3 Å². The van der Waals surface area contributed by atoms with Crippen molar-refractivity contribution in [2.45, 2.75) is 19.5 Å². The van der Waals surface area contributed by atoms with E-state index in [1.54, 1.807) is 12.5 Å². The quantitative estimate of drug-likeness (QED) is 0.702. The molecular formula is C18H17Cl2N3. The fourth-order valence-corrected chi connectivity index (χ4v) is 2.67. The minimum atomic E-state index is 0.193. The average molecular weight is 346 g/mol. The van der Waals surface area contributed by atoms with Crippen molar-refractivity contribution in [1.82, 2.24) is 14.9 Å². The molecule has 1 heterocycles. The van der Waals surface area contributed by atoms with Crippen LogP contribution >= 0.6 is 23.2 Å². The van der Waals surface area contributed by atoms with E-state index in [4.69, 9.17) is 23.2 Å². The van der Waals surface area contributed by atoms with Crippen LogP contribution in [0.15, 0.2) is 61.2 Å². The summed E-state index contributed by atoms with van der Waals surface area (Å²) in [5, 5.41) is 4.66. The van der Waals surface area contributed by atoms with Crippen LogP contribution in [-0.4, -0.2) is 9.55 Å². The molecule has 0 saturated carbocycles. The number of aromatic nitrogens is 2. The lowest BCUT2D eigenvalue weighted by Crippen LogP contribution is -2.18. The van der Waals surface area contributed by atoms with Gasteiger partial charge in [0, 0.05) is 30.7 Å². The van der Waals surface area contributed by atoms with E-state index in [-0.39, 0.29) is 6.04 Å². The molecule has 2 aromatic carbocycles. The van der Waals surface area contributed by atoms with Crippen LogP contribution in [0.4, 0.5) is 0 Å². The first-order chi connectivity index (χ1) is 11.1. The fourth-order valence-electron chi connectivity index (χ4n) is 2.37. The summed E-state index contributed by atoms with van der Waals surface area (Å²) in [5.41, 5.74) is 3.44. The summed E-state index contributed by atoms with van der Waals surface area (Å²) in [5.74, 6) is 0. The van der Waals surface area contributed by atoms with Gasteiger partial charge < -0.3 is 9.88 Å². The molecular weight excluding hydrogens is 329 g/mol. The number of nitrogens with zero attached hydrogens (tertiary/aromatic N) is 2. The molecule has 1 unspecified atom stereocenters. The number of imidazole rings is 1. The Morgan fingerprint density at radius 2 is 1.87 bits per heavy atom. The van der Waals surface area contributed by atoms with Gasteiger partial charge in [0.05, 0.1) is 16.4 Å². The first-order valence-corrected chi connectivity index (χ1v) is 8.14. The molecule has 1 N–H and O–H groups in total. The fraction of sp³-hybridized carbons (Fsp3) is 0.167. The van der Waals surface area contributed by atoms with E-state index in [9.17, 15) is 0 Å². The van der Waals surface area contributed by atoms with Crippen molar-refractivity contribution in [3.63, 3.8) is 0 Å². The SMILES string of the molecule is CC(NCc1ccc(-n2ccnc2)cc1)c1ccc(Cl)c(Cl)c1. The second-order valence-corrected chi connectivity index (χ2v) is 6.23. The molecule has 1 aromatic heterocycles. The van der Waals surface area contributed by atoms with Gasteiger partial charge in [0.2, 0.25) is 0 Å². The molecule has 0 bridgehead atoms. The molecule has 0 fully saturated rings. The molecule has 0 aliphatic rings. The molecule has 0 radical (unpaired) electrons. The third-order valence-electron chi connectivity index (χ3n) is 3.79. The highest BCUT2D eigenvalue weighted by atomic mass is 35.5. The van der Waals surface area contributed by atoms with Crippen LogP contribution in [0.3, 0.4) is 0 Å². The molecule has 23 heavy (non-hydrogen) atoms. The van der Waals surface area contributed by atoms with Crippen molar-refractivity contribution in [2.75, 3.05) is 0 Å². The average Bonchev–Trinajstić information content (AvgIpc) is 3.10. The zero-order valence-electron chi connectivity index (χ0n) is 12.7. The number of rotatable bonds is 5. The molecule has 5 heteroatoms. The van der Waals surface area contributed by atoms with Gasteiger partial charge in [-0.2, -0.15) is 0 Å². The Morgan fingerprint density at radius 1 is 1.09 bits per heavy atom. The second kappa shape index (κ2) is 7.18. The molecule has 3 aromatic rings. The molecule has 0 amide bonds. The van der Waals surface area contributed by atoms with Crippen molar-refractivity contribution in [2.24, 2.45) is 0 Å². The Labute approximate surface area is 145 Å². The smallest absolute Gasteiger partial charge is 0.0991 e. The lowest BCUT2D eigenvalue weighted by molar-refractivity contribution is 0.575. The van der Waals surface area contributed by atoms with Crippen molar-refractivity contribution >= 4 is 23.2 Å². The highest BCUT2D eigenvalue weighted by Crippen LogP contribution is 2.25.